The fourth-order valence-corrected chi connectivity index (χ4v) is 4.18. The molecule has 2 aromatic carbocycles. The van der Waals surface area contributed by atoms with Crippen LogP contribution in [0.25, 0.3) is 6.08 Å². The molecule has 3 N–H and O–H groups in total. The number of hydrogen-bond acceptors (Lipinski definition) is 6. The van der Waals surface area contributed by atoms with E-state index in [0.717, 1.165) is 5.56 Å². The van der Waals surface area contributed by atoms with E-state index in [-0.39, 0.29) is 17.5 Å². The summed E-state index contributed by atoms with van der Waals surface area (Å²) < 4.78 is 5.31. The number of nitrogens with one attached hydrogen (secondary N) is 3. The quantitative estimate of drug-likeness (QED) is 0.246. The minimum absolute atomic E-state index is 0.0267. The summed E-state index contributed by atoms with van der Waals surface area (Å²) in [7, 11) is 0. The highest BCUT2D eigenvalue weighted by Gasteiger charge is 2.18. The first-order chi connectivity index (χ1) is 19.9. The number of carbonyl (C=O) groups is 2. The number of aromatic nitrogens is 3. The smallest absolute Gasteiger partial charge is 0.256 e. The van der Waals surface area contributed by atoms with Crippen molar-refractivity contribution in [1.82, 2.24) is 19.9 Å². The lowest BCUT2D eigenvalue weighted by atomic mass is 10.1. The van der Waals surface area contributed by atoms with E-state index < -0.39 is 0 Å². The van der Waals surface area contributed by atoms with Gasteiger partial charge < -0.3 is 25.3 Å². The number of morpholine rings is 1. The maximum absolute atomic E-state index is 12.6. The van der Waals surface area contributed by atoms with E-state index in [9.17, 15) is 9.59 Å². The van der Waals surface area contributed by atoms with E-state index in [2.05, 4.69) is 32.1 Å². The van der Waals surface area contributed by atoms with E-state index in [1.165, 1.54) is 0 Å². The van der Waals surface area contributed by atoms with Gasteiger partial charge in [0, 0.05) is 36.0 Å². The zero-order valence-electron chi connectivity index (χ0n) is 22.5. The van der Waals surface area contributed by atoms with Crippen LogP contribution in [0.3, 0.4) is 0 Å². The van der Waals surface area contributed by atoms with Gasteiger partial charge in [-0.2, -0.15) is 0 Å². The molecule has 5 rings (SSSR count). The zero-order valence-corrected chi connectivity index (χ0v) is 22.5. The summed E-state index contributed by atoms with van der Waals surface area (Å²) in [6.07, 6.45) is 6.55. The molecular weight excluding hydrogens is 516 g/mol. The second-order valence-corrected chi connectivity index (χ2v) is 9.41. The Labute approximate surface area is 237 Å². The van der Waals surface area contributed by atoms with Crippen LogP contribution in [-0.4, -0.2) is 63.7 Å². The van der Waals surface area contributed by atoms with Crippen molar-refractivity contribution in [3.05, 3.63) is 118 Å². The molecule has 0 radical (unpaired) electrons. The molecule has 0 bridgehead atoms. The Bertz CT molecular complexity index is 1670. The van der Waals surface area contributed by atoms with Crippen LogP contribution in [0.2, 0.25) is 0 Å². The Morgan fingerprint density at radius 3 is 2.56 bits per heavy atom. The van der Waals surface area contributed by atoms with Gasteiger partial charge in [0.2, 0.25) is 0 Å². The molecule has 0 spiro atoms. The van der Waals surface area contributed by atoms with Crippen LogP contribution in [0.5, 0.6) is 0 Å². The number of hydrogen-bond donors (Lipinski definition) is 3. The monoisotopic (exact) mass is 544 g/mol. The molecule has 0 aliphatic carbocycles. The van der Waals surface area contributed by atoms with Gasteiger partial charge in [-0.1, -0.05) is 35.7 Å². The van der Waals surface area contributed by atoms with Gasteiger partial charge in [-0.05, 0) is 67.0 Å². The third-order valence-electron chi connectivity index (χ3n) is 6.37. The molecule has 9 heteroatoms. The van der Waals surface area contributed by atoms with Crippen LogP contribution in [0.4, 0.5) is 5.82 Å². The average molecular weight is 545 g/mol. The highest BCUT2D eigenvalue weighted by Crippen LogP contribution is 2.12. The van der Waals surface area contributed by atoms with Gasteiger partial charge >= 0.3 is 0 Å². The van der Waals surface area contributed by atoms with Crippen molar-refractivity contribution < 1.29 is 14.3 Å². The number of H-pyrrole nitrogens is 1. The first-order valence-electron chi connectivity index (χ1n) is 13.1. The fourth-order valence-electron chi connectivity index (χ4n) is 4.18. The molecule has 204 valence electrons. The predicted octanol–water partition coefficient (Wildman–Crippen LogP) is 4.32. The van der Waals surface area contributed by atoms with Crippen molar-refractivity contribution in [1.29, 1.82) is 5.41 Å². The number of imidazole rings is 1. The third kappa shape index (κ3) is 7.20. The molecule has 1 aliphatic rings. The van der Waals surface area contributed by atoms with E-state index in [1.807, 2.05) is 25.1 Å². The molecule has 2 amide bonds. The number of carbonyl (C=O) groups excluding carboxylic acids is 2. The summed E-state index contributed by atoms with van der Waals surface area (Å²) in [6, 6.07) is 17.8. The van der Waals surface area contributed by atoms with Crippen LogP contribution >= 0.6 is 0 Å². The molecule has 1 fully saturated rings. The number of amides is 2. The molecular formula is C32H28N6O3. The standard InChI is InChI=1S/C32H28N6O3/c1-22-3-2-4-26(19-22)31(39)37-30-20-23(13-14-34-30)5-10-27-21-35-29(36-27)12-11-28(33)24-6-8-25(9-7-24)32(40)38-15-17-41-18-16-38/h2-4,6-9,11-14,19-21,33H,15-18H2,1H3,(H,35,36)(H,34,37,39)/b12-11-,33-28?. The number of nitrogens with zero attached hydrogens (tertiary/aromatic N) is 3. The van der Waals surface area contributed by atoms with Crippen LogP contribution in [0.15, 0.2) is 79.1 Å². The summed E-state index contributed by atoms with van der Waals surface area (Å²) in [6.45, 7) is 4.22. The largest absolute Gasteiger partial charge is 0.378 e. The van der Waals surface area contributed by atoms with E-state index >= 15 is 0 Å². The van der Waals surface area contributed by atoms with E-state index in [1.54, 1.807) is 71.9 Å². The van der Waals surface area contributed by atoms with Gasteiger partial charge in [0.25, 0.3) is 11.8 Å². The topological polar surface area (TPSA) is 124 Å². The first kappa shape index (κ1) is 27.2. The van der Waals surface area contributed by atoms with Crippen molar-refractivity contribution in [2.75, 3.05) is 31.6 Å². The first-order valence-corrected chi connectivity index (χ1v) is 13.1. The lowest BCUT2D eigenvalue weighted by Gasteiger charge is -2.26. The Balaban J connectivity index is 1.18. The number of ether oxygens (including phenoxy) is 1. The highest BCUT2D eigenvalue weighted by atomic mass is 16.5. The van der Waals surface area contributed by atoms with Crippen LogP contribution in [0.1, 0.15) is 48.9 Å². The van der Waals surface area contributed by atoms with Gasteiger partial charge in [-0.25, -0.2) is 9.97 Å². The lowest BCUT2D eigenvalue weighted by Crippen LogP contribution is -2.40. The van der Waals surface area contributed by atoms with Crippen molar-refractivity contribution in [2.45, 2.75) is 6.92 Å². The van der Waals surface area contributed by atoms with Gasteiger partial charge in [0.05, 0.1) is 25.1 Å². The van der Waals surface area contributed by atoms with Crippen molar-refractivity contribution in [2.24, 2.45) is 0 Å². The second-order valence-electron chi connectivity index (χ2n) is 9.41. The van der Waals surface area contributed by atoms with Crippen molar-refractivity contribution >= 4 is 29.4 Å². The molecule has 0 atom stereocenters. The maximum Gasteiger partial charge on any atom is 0.256 e. The Kier molecular flexibility index (Phi) is 8.43. The molecule has 1 aliphatic heterocycles. The molecule has 3 heterocycles. The minimum Gasteiger partial charge on any atom is -0.378 e. The average Bonchev–Trinajstić information content (AvgIpc) is 3.47. The number of allylic oxidation sites excluding steroid dienone is 1. The molecule has 41 heavy (non-hydrogen) atoms. The van der Waals surface area contributed by atoms with Gasteiger partial charge in [-0.15, -0.1) is 0 Å². The molecule has 2 aromatic heterocycles. The summed E-state index contributed by atoms with van der Waals surface area (Å²) >= 11 is 0. The SMILES string of the molecule is Cc1cccc(C(=O)Nc2cc(C#Cc3cnc(/C=C\C(=N)c4ccc(C(=O)N5CCOCC5)cc4)[nH]3)ccn2)c1. The summed E-state index contributed by atoms with van der Waals surface area (Å²) in [5, 5.41) is 11.2. The Hall–Kier alpha value is -5.33. The Morgan fingerprint density at radius 1 is 1.00 bits per heavy atom. The third-order valence-corrected chi connectivity index (χ3v) is 6.37. The van der Waals surface area contributed by atoms with Crippen LogP contribution in [0, 0.1) is 24.2 Å². The number of aromatic amines is 1. The lowest BCUT2D eigenvalue weighted by molar-refractivity contribution is 0.0303. The number of benzene rings is 2. The zero-order chi connectivity index (χ0) is 28.6. The molecule has 0 saturated carbocycles. The van der Waals surface area contributed by atoms with E-state index in [0.29, 0.717) is 65.9 Å². The number of aryl methyl sites for hydroxylation is 1. The van der Waals surface area contributed by atoms with Crippen molar-refractivity contribution in [3.8, 4) is 11.8 Å². The second kappa shape index (κ2) is 12.7. The molecule has 1 saturated heterocycles. The Morgan fingerprint density at radius 2 is 1.78 bits per heavy atom. The molecule has 0 unspecified atom stereocenters. The minimum atomic E-state index is -0.237. The summed E-state index contributed by atoms with van der Waals surface area (Å²) in [4.78, 5) is 38.6. The fraction of sp³-hybridized carbons (Fsp3) is 0.156. The van der Waals surface area contributed by atoms with Crippen LogP contribution in [-0.2, 0) is 4.74 Å². The van der Waals surface area contributed by atoms with Gasteiger partial charge in [-0.3, -0.25) is 9.59 Å². The predicted molar refractivity (Wildman–Crippen MR) is 157 cm³/mol. The summed E-state index contributed by atoms with van der Waals surface area (Å²) in [5.74, 6) is 6.77. The maximum atomic E-state index is 12.6. The number of anilines is 1. The highest BCUT2D eigenvalue weighted by molar-refractivity contribution is 6.09. The summed E-state index contributed by atoms with van der Waals surface area (Å²) in [5.41, 5.74) is 4.42. The van der Waals surface area contributed by atoms with Crippen molar-refractivity contribution in [3.63, 3.8) is 0 Å². The normalized spacial score (nSPS) is 13.0. The van der Waals surface area contributed by atoms with E-state index in [4.69, 9.17) is 10.1 Å². The number of pyridine rings is 1. The number of rotatable bonds is 6. The molecule has 9 nitrogen and oxygen atoms in total. The molecule has 4 aromatic rings. The van der Waals surface area contributed by atoms with Gasteiger partial charge in [0.1, 0.15) is 17.3 Å². The van der Waals surface area contributed by atoms with Crippen LogP contribution < -0.4 is 5.32 Å². The van der Waals surface area contributed by atoms with Gasteiger partial charge in [0.15, 0.2) is 0 Å².